The van der Waals surface area contributed by atoms with Crippen LogP contribution in [-0.2, 0) is 14.8 Å². The van der Waals surface area contributed by atoms with Gasteiger partial charge in [0.1, 0.15) is 11.9 Å². The molecule has 0 amide bonds. The minimum absolute atomic E-state index is 0.145. The zero-order valence-corrected chi connectivity index (χ0v) is 9.00. The zero-order chi connectivity index (χ0) is 11.6. The molecule has 0 saturated carbocycles. The first-order valence-electron chi connectivity index (χ1n) is 4.09. The fourth-order valence-corrected chi connectivity index (χ4v) is 2.05. The summed E-state index contributed by atoms with van der Waals surface area (Å²) in [7, 11) is -3.83. The van der Waals surface area contributed by atoms with E-state index in [1.165, 1.54) is 6.92 Å². The lowest BCUT2D eigenvalue weighted by molar-refractivity contribution is -0.138. The molecule has 3 N–H and O–H groups in total. The number of hydrogen-bond donors (Lipinski definition) is 3. The predicted molar refractivity (Wildman–Crippen MR) is 50.7 cm³/mol. The summed E-state index contributed by atoms with van der Waals surface area (Å²) in [4.78, 5) is 16.7. The Labute approximate surface area is 86.6 Å². The van der Waals surface area contributed by atoms with Crippen molar-refractivity contribution in [3.8, 4) is 0 Å². The molecular formula is C7H11N3O4S. The maximum Gasteiger partial charge on any atom is 0.321 e. The van der Waals surface area contributed by atoms with Crippen LogP contribution in [0.5, 0.6) is 0 Å². The summed E-state index contributed by atoms with van der Waals surface area (Å²) in [5.74, 6) is -0.798. The molecule has 7 nitrogen and oxygen atoms in total. The molecule has 0 radical (unpaired) electrons. The molecule has 0 bridgehead atoms. The molecule has 0 aliphatic rings. The second kappa shape index (κ2) is 3.99. The number of imidazole rings is 1. The van der Waals surface area contributed by atoms with Gasteiger partial charge in [0.25, 0.3) is 10.0 Å². The van der Waals surface area contributed by atoms with Gasteiger partial charge in [-0.25, -0.2) is 13.4 Å². The molecule has 0 aliphatic carbocycles. The molecule has 1 aromatic heterocycles. The van der Waals surface area contributed by atoms with Crippen molar-refractivity contribution in [1.82, 2.24) is 14.7 Å². The lowest BCUT2D eigenvalue weighted by atomic mass is 10.4. The number of carboxylic acid groups (broad SMARTS) is 1. The highest BCUT2D eigenvalue weighted by Gasteiger charge is 2.22. The summed E-state index contributed by atoms with van der Waals surface area (Å²) in [5, 5.41) is 8.40. The largest absolute Gasteiger partial charge is 0.480 e. The highest BCUT2D eigenvalue weighted by atomic mass is 32.2. The van der Waals surface area contributed by atoms with Crippen LogP contribution < -0.4 is 4.72 Å². The Morgan fingerprint density at radius 3 is 2.67 bits per heavy atom. The molecule has 0 aliphatic heterocycles. The Kier molecular flexibility index (Phi) is 3.10. The minimum atomic E-state index is -3.83. The molecule has 1 heterocycles. The van der Waals surface area contributed by atoms with E-state index in [0.717, 1.165) is 6.20 Å². The van der Waals surface area contributed by atoms with Crippen LogP contribution in [0.2, 0.25) is 0 Å². The van der Waals surface area contributed by atoms with Gasteiger partial charge >= 0.3 is 5.97 Å². The smallest absolute Gasteiger partial charge is 0.321 e. The number of aromatic nitrogens is 2. The van der Waals surface area contributed by atoms with Crippen LogP contribution in [0.1, 0.15) is 12.7 Å². The number of rotatable bonds is 4. The van der Waals surface area contributed by atoms with Crippen molar-refractivity contribution in [1.29, 1.82) is 0 Å². The van der Waals surface area contributed by atoms with E-state index in [2.05, 4.69) is 9.97 Å². The van der Waals surface area contributed by atoms with E-state index in [-0.39, 0.29) is 5.03 Å². The maximum atomic E-state index is 11.5. The average molecular weight is 233 g/mol. The number of carbonyl (C=O) groups is 1. The normalized spacial score (nSPS) is 13.7. The van der Waals surface area contributed by atoms with Gasteiger partial charge in [0, 0.05) is 0 Å². The molecule has 1 rings (SSSR count). The number of hydrogen-bond acceptors (Lipinski definition) is 4. The third-order valence-corrected chi connectivity index (χ3v) is 3.12. The van der Waals surface area contributed by atoms with E-state index in [0.29, 0.717) is 5.82 Å². The summed E-state index contributed by atoms with van der Waals surface area (Å²) in [6.07, 6.45) is 1.13. The van der Waals surface area contributed by atoms with Gasteiger partial charge in [-0.15, -0.1) is 0 Å². The summed E-state index contributed by atoms with van der Waals surface area (Å²) in [6, 6.07) is -1.18. The lowest BCUT2D eigenvalue weighted by Gasteiger charge is -2.07. The monoisotopic (exact) mass is 233 g/mol. The van der Waals surface area contributed by atoms with Crippen molar-refractivity contribution < 1.29 is 18.3 Å². The molecule has 1 atom stereocenters. The number of sulfonamides is 1. The van der Waals surface area contributed by atoms with Crippen LogP contribution >= 0.6 is 0 Å². The molecular weight excluding hydrogens is 222 g/mol. The fourth-order valence-electron chi connectivity index (χ4n) is 0.881. The fraction of sp³-hybridized carbons (Fsp3) is 0.429. The van der Waals surface area contributed by atoms with Crippen molar-refractivity contribution in [2.75, 3.05) is 0 Å². The Balaban J connectivity index is 2.90. The zero-order valence-electron chi connectivity index (χ0n) is 8.18. The van der Waals surface area contributed by atoms with E-state index in [1.807, 2.05) is 4.72 Å². The van der Waals surface area contributed by atoms with Crippen molar-refractivity contribution in [2.24, 2.45) is 0 Å². The maximum absolute atomic E-state index is 11.5. The standard InChI is InChI=1S/C7H11N3O4S/c1-4(7(11)12)10-15(13,14)6-3-8-5(2)9-6/h3-4,10H,1-2H3,(H,8,9)(H,11,12)/t4-/m1/s1. The molecule has 0 unspecified atom stereocenters. The Bertz CT molecular complexity index is 464. The quantitative estimate of drug-likeness (QED) is 0.647. The van der Waals surface area contributed by atoms with Crippen molar-refractivity contribution >= 4 is 16.0 Å². The summed E-state index contributed by atoms with van der Waals surface area (Å²) < 4.78 is 25.0. The third kappa shape index (κ3) is 2.77. The van der Waals surface area contributed by atoms with Gasteiger partial charge in [-0.1, -0.05) is 0 Å². The van der Waals surface area contributed by atoms with Crippen LogP contribution in [0.3, 0.4) is 0 Å². The second-order valence-electron chi connectivity index (χ2n) is 3.01. The van der Waals surface area contributed by atoms with Gasteiger partial charge in [-0.3, -0.25) is 4.79 Å². The number of nitrogens with one attached hydrogen (secondary N) is 2. The Morgan fingerprint density at radius 1 is 1.67 bits per heavy atom. The molecule has 0 aromatic carbocycles. The van der Waals surface area contributed by atoms with Crippen molar-refractivity contribution in [3.63, 3.8) is 0 Å². The first-order chi connectivity index (χ1) is 6.83. The topological polar surface area (TPSA) is 112 Å². The number of aryl methyl sites for hydroxylation is 1. The number of aliphatic carboxylic acids is 1. The molecule has 15 heavy (non-hydrogen) atoms. The first-order valence-corrected chi connectivity index (χ1v) is 5.58. The van der Waals surface area contributed by atoms with Crippen LogP contribution in [-0.4, -0.2) is 35.5 Å². The summed E-state index contributed by atoms with van der Waals surface area (Å²) in [6.45, 7) is 2.84. The lowest BCUT2D eigenvalue weighted by Crippen LogP contribution is -2.38. The molecule has 0 fully saturated rings. The number of carboxylic acids is 1. The number of aromatic amines is 1. The van der Waals surface area contributed by atoms with Gasteiger partial charge in [-0.05, 0) is 13.8 Å². The Hall–Kier alpha value is -1.41. The van der Waals surface area contributed by atoms with Crippen LogP contribution in [0, 0.1) is 6.92 Å². The van der Waals surface area contributed by atoms with Crippen LogP contribution in [0.4, 0.5) is 0 Å². The molecule has 0 saturated heterocycles. The third-order valence-electron chi connectivity index (χ3n) is 1.67. The molecule has 1 aromatic rings. The summed E-state index contributed by atoms with van der Waals surface area (Å²) >= 11 is 0. The minimum Gasteiger partial charge on any atom is -0.480 e. The Morgan fingerprint density at radius 2 is 2.27 bits per heavy atom. The SMILES string of the molecule is Cc1ncc(S(=O)(=O)N[C@H](C)C(=O)O)[nH]1. The van der Waals surface area contributed by atoms with Crippen LogP contribution in [0.15, 0.2) is 11.2 Å². The van der Waals surface area contributed by atoms with E-state index in [9.17, 15) is 13.2 Å². The first kappa shape index (κ1) is 11.7. The van der Waals surface area contributed by atoms with E-state index in [4.69, 9.17) is 5.11 Å². The highest BCUT2D eigenvalue weighted by Crippen LogP contribution is 2.05. The highest BCUT2D eigenvalue weighted by molar-refractivity contribution is 7.89. The van der Waals surface area contributed by atoms with Gasteiger partial charge in [0.05, 0.1) is 6.20 Å². The van der Waals surface area contributed by atoms with Gasteiger partial charge in [0.15, 0.2) is 5.03 Å². The van der Waals surface area contributed by atoms with E-state index in [1.54, 1.807) is 6.92 Å². The van der Waals surface area contributed by atoms with Gasteiger partial charge in [0.2, 0.25) is 0 Å². The van der Waals surface area contributed by atoms with Crippen LogP contribution in [0.25, 0.3) is 0 Å². The predicted octanol–water partition coefficient (Wildman–Crippen LogP) is -0.530. The number of nitrogens with zero attached hydrogens (tertiary/aromatic N) is 1. The molecule has 0 spiro atoms. The van der Waals surface area contributed by atoms with Crippen molar-refractivity contribution in [3.05, 3.63) is 12.0 Å². The van der Waals surface area contributed by atoms with Crippen molar-refractivity contribution in [2.45, 2.75) is 24.9 Å². The van der Waals surface area contributed by atoms with E-state index >= 15 is 0 Å². The average Bonchev–Trinajstić information content (AvgIpc) is 2.51. The second-order valence-corrected chi connectivity index (χ2v) is 4.70. The number of H-pyrrole nitrogens is 1. The summed E-state index contributed by atoms with van der Waals surface area (Å²) in [5.41, 5.74) is 0. The molecule has 84 valence electrons. The van der Waals surface area contributed by atoms with E-state index < -0.39 is 22.0 Å². The molecule has 8 heteroatoms. The van der Waals surface area contributed by atoms with Gasteiger partial charge < -0.3 is 10.1 Å². The van der Waals surface area contributed by atoms with Gasteiger partial charge in [-0.2, -0.15) is 4.72 Å².